The van der Waals surface area contributed by atoms with E-state index in [9.17, 15) is 26.3 Å². The van der Waals surface area contributed by atoms with Crippen molar-refractivity contribution in [3.05, 3.63) is 97.2 Å². The minimum atomic E-state index is -5.56. The maximum atomic E-state index is 11.5. The summed E-state index contributed by atoms with van der Waals surface area (Å²) in [7, 11) is -0.446. The zero-order valence-corrected chi connectivity index (χ0v) is 18.7. The Labute approximate surface area is 188 Å². The van der Waals surface area contributed by atoms with Crippen molar-refractivity contribution in [1.82, 2.24) is 0 Å². The van der Waals surface area contributed by atoms with E-state index in [-0.39, 0.29) is 29.3 Å². The van der Waals surface area contributed by atoms with Crippen molar-refractivity contribution in [3.8, 4) is 0 Å². The fraction of sp³-hybridized carbons (Fsp3) is 0.136. The molecule has 0 nitrogen and oxygen atoms in total. The number of alkyl halides is 5. The third-order valence-corrected chi connectivity index (χ3v) is 6.12. The number of halogens is 6. The smallest absolute Gasteiger partial charge is 0.441 e. The molecule has 8 heteroatoms. The molecule has 0 spiro atoms. The molecule has 164 valence electrons. The molecule has 0 aliphatic carbocycles. The molecule has 0 bridgehead atoms. The van der Waals surface area contributed by atoms with Crippen LogP contribution in [0.4, 0.5) is 26.3 Å². The second kappa shape index (κ2) is 11.7. The Kier molecular flexibility index (Phi) is 10.3. The minimum Gasteiger partial charge on any atom is -0.441 e. The van der Waals surface area contributed by atoms with Crippen molar-refractivity contribution >= 4 is 23.8 Å². The van der Waals surface area contributed by atoms with Crippen LogP contribution in [0.3, 0.4) is 0 Å². The van der Waals surface area contributed by atoms with Gasteiger partial charge in [0.2, 0.25) is 0 Å². The number of hydrogen-bond acceptors (Lipinski definition) is 0. The summed E-state index contributed by atoms with van der Waals surface area (Å²) >= 11 is 0. The molecule has 30 heavy (non-hydrogen) atoms. The van der Waals surface area contributed by atoms with Crippen LogP contribution < -0.4 is 15.9 Å². The van der Waals surface area contributed by atoms with Crippen LogP contribution in [0.15, 0.2) is 91.0 Å². The fourth-order valence-corrected chi connectivity index (χ4v) is 4.73. The van der Waals surface area contributed by atoms with Gasteiger partial charge in [-0.25, -0.2) is 22.0 Å². The molecule has 0 aliphatic rings. The molecule has 0 saturated carbocycles. The molecule has 3 aromatic carbocycles. The van der Waals surface area contributed by atoms with Crippen molar-refractivity contribution in [2.75, 3.05) is 0 Å². The van der Waals surface area contributed by atoms with E-state index in [2.05, 4.69) is 91.0 Å². The van der Waals surface area contributed by atoms with Gasteiger partial charge in [-0.1, -0.05) is 91.0 Å². The van der Waals surface area contributed by atoms with Gasteiger partial charge < -0.3 is 4.39 Å². The summed E-state index contributed by atoms with van der Waals surface area (Å²) in [6, 6.07) is 32.3. The summed E-state index contributed by atoms with van der Waals surface area (Å²) in [5.41, 5.74) is 0. The van der Waals surface area contributed by atoms with Gasteiger partial charge in [-0.2, -0.15) is 0 Å². The molecule has 0 aromatic heterocycles. The SMILES string of the molecule is CC(F)(F)[C-](F)C(F)(F)F.[Au+].c1ccc(P(c2ccccc2)c2ccccc2)cc1. The van der Waals surface area contributed by atoms with E-state index in [0.717, 1.165) is 0 Å². The van der Waals surface area contributed by atoms with Crippen LogP contribution in [0.1, 0.15) is 6.92 Å². The molecule has 0 radical (unpaired) electrons. The first-order valence-corrected chi connectivity index (χ1v) is 9.88. The Bertz CT molecular complexity index is 744. The molecular formula is C22H18AuF6P. The van der Waals surface area contributed by atoms with Gasteiger partial charge in [0.05, 0.1) is 0 Å². The maximum Gasteiger partial charge on any atom is 1.00 e. The predicted octanol–water partition coefficient (Wildman–Crippen LogP) is 6.15. The van der Waals surface area contributed by atoms with Gasteiger partial charge in [-0.3, -0.25) is 0 Å². The summed E-state index contributed by atoms with van der Waals surface area (Å²) in [4.78, 5) is 0. The van der Waals surface area contributed by atoms with Crippen LogP contribution in [0.5, 0.6) is 0 Å². The first-order chi connectivity index (χ1) is 13.6. The van der Waals surface area contributed by atoms with Gasteiger partial charge in [-0.05, 0) is 30.8 Å². The average Bonchev–Trinajstić information content (AvgIpc) is 2.69. The van der Waals surface area contributed by atoms with Crippen LogP contribution in [0.25, 0.3) is 0 Å². The summed E-state index contributed by atoms with van der Waals surface area (Å²) in [5.74, 6) is -4.43. The largest absolute Gasteiger partial charge is 1.00 e. The molecule has 0 atom stereocenters. The topological polar surface area (TPSA) is 0 Å². The van der Waals surface area contributed by atoms with Gasteiger partial charge in [0.1, 0.15) is 0 Å². The normalized spacial score (nSPS) is 11.5. The van der Waals surface area contributed by atoms with E-state index >= 15 is 0 Å². The van der Waals surface area contributed by atoms with E-state index in [1.807, 2.05) is 0 Å². The third-order valence-electron chi connectivity index (χ3n) is 3.68. The second-order valence-electron chi connectivity index (χ2n) is 6.04. The van der Waals surface area contributed by atoms with Gasteiger partial charge in [0.25, 0.3) is 0 Å². The van der Waals surface area contributed by atoms with Crippen LogP contribution in [-0.2, 0) is 22.4 Å². The van der Waals surface area contributed by atoms with E-state index in [4.69, 9.17) is 0 Å². The molecule has 0 heterocycles. The minimum absolute atomic E-state index is 0. The second-order valence-corrected chi connectivity index (χ2v) is 8.26. The van der Waals surface area contributed by atoms with Crippen molar-refractivity contribution in [2.45, 2.75) is 19.0 Å². The Morgan fingerprint density at radius 2 is 0.867 bits per heavy atom. The number of hydrogen-bond donors (Lipinski definition) is 0. The van der Waals surface area contributed by atoms with Gasteiger partial charge in [0, 0.05) is 6.17 Å². The maximum absolute atomic E-state index is 11.5. The van der Waals surface area contributed by atoms with E-state index in [1.54, 1.807) is 0 Å². The van der Waals surface area contributed by atoms with Crippen molar-refractivity contribution in [3.63, 3.8) is 0 Å². The zero-order chi connectivity index (χ0) is 21.5. The van der Waals surface area contributed by atoms with Gasteiger partial charge >= 0.3 is 28.6 Å². The summed E-state index contributed by atoms with van der Waals surface area (Å²) in [6.07, 6.45) is -8.82. The molecule has 3 aromatic rings. The Morgan fingerprint density at radius 1 is 0.600 bits per heavy atom. The average molecular weight is 624 g/mol. The molecule has 0 amide bonds. The van der Waals surface area contributed by atoms with Crippen molar-refractivity contribution in [2.24, 2.45) is 0 Å². The fourth-order valence-electron chi connectivity index (χ4n) is 2.43. The van der Waals surface area contributed by atoms with Crippen LogP contribution in [-0.4, -0.2) is 12.1 Å². The summed E-state index contributed by atoms with van der Waals surface area (Å²) in [5, 5.41) is 4.19. The molecule has 0 saturated heterocycles. The van der Waals surface area contributed by atoms with Crippen LogP contribution >= 0.6 is 7.92 Å². The summed E-state index contributed by atoms with van der Waals surface area (Å²) < 4.78 is 67.6. The Balaban J connectivity index is 0.000000354. The van der Waals surface area contributed by atoms with E-state index in [0.29, 0.717) is 0 Å². The van der Waals surface area contributed by atoms with E-state index in [1.165, 1.54) is 15.9 Å². The Morgan fingerprint density at radius 3 is 1.03 bits per heavy atom. The standard InChI is InChI=1S/C18H15P.C4H3F6.Au/c1-4-10-16(11-5-1)19(17-12-6-2-7-13-17)18-14-8-3-9-15-18;1-3(6,7)2(5)4(8,9)10;/h1-15H;1H3;/q;-1;+1. The molecule has 0 aliphatic heterocycles. The molecule has 0 N–H and O–H groups in total. The quantitative estimate of drug-likeness (QED) is 0.142. The number of rotatable bonds is 4. The third kappa shape index (κ3) is 7.92. The first kappa shape index (κ1) is 26.4. The molecular weight excluding hydrogens is 606 g/mol. The van der Waals surface area contributed by atoms with Gasteiger partial charge in [0.15, 0.2) is 5.92 Å². The predicted molar refractivity (Wildman–Crippen MR) is 106 cm³/mol. The monoisotopic (exact) mass is 624 g/mol. The van der Waals surface area contributed by atoms with Crippen molar-refractivity contribution in [1.29, 1.82) is 0 Å². The zero-order valence-electron chi connectivity index (χ0n) is 15.7. The van der Waals surface area contributed by atoms with Crippen LogP contribution in [0.2, 0.25) is 0 Å². The van der Waals surface area contributed by atoms with E-state index < -0.39 is 26.2 Å². The molecule has 0 fully saturated rings. The first-order valence-electron chi connectivity index (χ1n) is 8.54. The molecule has 3 rings (SSSR count). The van der Waals surface area contributed by atoms with Crippen LogP contribution in [0, 0.1) is 6.17 Å². The van der Waals surface area contributed by atoms with Crippen molar-refractivity contribution < 1.29 is 48.7 Å². The van der Waals surface area contributed by atoms with Gasteiger partial charge in [-0.15, -0.1) is 0 Å². The number of benzene rings is 3. The summed E-state index contributed by atoms with van der Waals surface area (Å²) in [6.45, 7) is -0.157. The molecule has 0 unspecified atom stereocenters. The Hall–Kier alpha value is -1.59.